The molecule has 25 heavy (non-hydrogen) atoms. The number of rotatable bonds is 5. The minimum atomic E-state index is -0.970. The van der Waals surface area contributed by atoms with E-state index >= 15 is 0 Å². The van der Waals surface area contributed by atoms with Crippen LogP contribution in [0.3, 0.4) is 0 Å². The van der Waals surface area contributed by atoms with E-state index in [9.17, 15) is 19.3 Å². The highest BCUT2D eigenvalue weighted by atomic mass is 19.1. The van der Waals surface area contributed by atoms with E-state index in [1.54, 1.807) is 18.2 Å². The highest BCUT2D eigenvalue weighted by Gasteiger charge is 2.35. The van der Waals surface area contributed by atoms with Crippen LogP contribution in [0.1, 0.15) is 12.0 Å². The number of anilines is 1. The Balaban J connectivity index is 2.02. The number of nitrogens with zero attached hydrogens (tertiary/aromatic N) is 2. The molecule has 2 aromatic rings. The van der Waals surface area contributed by atoms with Crippen molar-refractivity contribution in [3.8, 4) is 5.75 Å². The minimum Gasteiger partial charge on any atom is -0.478 e. The van der Waals surface area contributed by atoms with Crippen molar-refractivity contribution in [3.05, 3.63) is 64.0 Å². The van der Waals surface area contributed by atoms with Crippen molar-refractivity contribution in [2.24, 2.45) is 0 Å². The van der Waals surface area contributed by atoms with Gasteiger partial charge in [-0.15, -0.1) is 0 Å². The molecular formula is C17H15FN2O5. The number of ether oxygens (including phenoxy) is 1. The average molecular weight is 346 g/mol. The van der Waals surface area contributed by atoms with Crippen molar-refractivity contribution in [2.45, 2.75) is 19.1 Å². The molecule has 0 saturated carbocycles. The first-order valence-electron chi connectivity index (χ1n) is 7.62. The maximum Gasteiger partial charge on any atom is 0.274 e. The zero-order valence-electron chi connectivity index (χ0n) is 13.1. The Morgan fingerprint density at radius 1 is 1.28 bits per heavy atom. The summed E-state index contributed by atoms with van der Waals surface area (Å²) in [5.41, 5.74) is 0.573. The van der Waals surface area contributed by atoms with Crippen LogP contribution in [-0.4, -0.2) is 28.6 Å². The maximum absolute atomic E-state index is 13.5. The van der Waals surface area contributed by atoms with Gasteiger partial charge in [0.25, 0.3) is 11.6 Å². The minimum absolute atomic E-state index is 0.0438. The number of aliphatic hydroxyl groups excluding tert-OH is 1. The molecule has 0 saturated heterocycles. The van der Waals surface area contributed by atoms with Gasteiger partial charge in [-0.05, 0) is 12.1 Å². The van der Waals surface area contributed by atoms with Crippen molar-refractivity contribution in [1.29, 1.82) is 0 Å². The Hall–Kier alpha value is -3.00. The molecule has 7 nitrogen and oxygen atoms in total. The van der Waals surface area contributed by atoms with Crippen LogP contribution < -0.4 is 9.64 Å². The summed E-state index contributed by atoms with van der Waals surface area (Å²) >= 11 is 0. The number of benzene rings is 2. The molecule has 0 spiro atoms. The number of aliphatic hydroxyl groups is 1. The Labute approximate surface area is 142 Å². The number of hydrogen-bond acceptors (Lipinski definition) is 5. The molecule has 8 heteroatoms. The third-order valence-corrected chi connectivity index (χ3v) is 3.93. The number of nitro benzene ring substituents is 1. The predicted molar refractivity (Wildman–Crippen MR) is 86.8 cm³/mol. The number of halogens is 1. The Bertz CT molecular complexity index is 826. The standard InChI is InChI=1S/C17H15FN2O5/c18-12-5-6-14-16(9-12)25-15(7-8-21)17(22)19(14)10-11-3-1-2-4-13(11)20(23)24/h1-6,9,15,21H,7-8,10H2. The number of fused-ring (bicyclic) bond motifs is 1. The smallest absolute Gasteiger partial charge is 0.274 e. The van der Waals surface area contributed by atoms with E-state index in [1.165, 1.54) is 23.1 Å². The lowest BCUT2D eigenvalue weighted by Crippen LogP contribution is -2.46. The second-order valence-corrected chi connectivity index (χ2v) is 5.54. The second kappa shape index (κ2) is 6.86. The van der Waals surface area contributed by atoms with E-state index in [-0.39, 0.29) is 31.0 Å². The molecule has 1 N–H and O–H groups in total. The molecule has 0 radical (unpaired) electrons. The van der Waals surface area contributed by atoms with Crippen LogP contribution in [0.2, 0.25) is 0 Å². The average Bonchev–Trinajstić information content (AvgIpc) is 2.59. The van der Waals surface area contributed by atoms with Gasteiger partial charge in [-0.1, -0.05) is 18.2 Å². The van der Waals surface area contributed by atoms with Crippen molar-refractivity contribution >= 4 is 17.3 Å². The number of para-hydroxylation sites is 1. The van der Waals surface area contributed by atoms with E-state index in [0.717, 1.165) is 6.07 Å². The van der Waals surface area contributed by atoms with Crippen LogP contribution in [0.4, 0.5) is 15.8 Å². The molecule has 2 aromatic carbocycles. The first kappa shape index (κ1) is 16.8. The van der Waals surface area contributed by atoms with Gasteiger partial charge < -0.3 is 14.7 Å². The first-order valence-corrected chi connectivity index (χ1v) is 7.62. The van der Waals surface area contributed by atoms with Crippen LogP contribution >= 0.6 is 0 Å². The summed E-state index contributed by atoms with van der Waals surface area (Å²) in [7, 11) is 0. The highest BCUT2D eigenvalue weighted by molar-refractivity contribution is 6.00. The van der Waals surface area contributed by atoms with Gasteiger partial charge >= 0.3 is 0 Å². The number of carbonyl (C=O) groups excluding carboxylic acids is 1. The van der Waals surface area contributed by atoms with Gasteiger partial charge in [0.1, 0.15) is 11.6 Å². The molecule has 0 aliphatic carbocycles. The summed E-state index contributed by atoms with van der Waals surface area (Å²) in [5.74, 6) is -0.801. The van der Waals surface area contributed by atoms with Crippen LogP contribution in [0.5, 0.6) is 5.75 Å². The topological polar surface area (TPSA) is 92.9 Å². The first-order chi connectivity index (χ1) is 12.0. The Kier molecular flexibility index (Phi) is 4.62. The molecular weight excluding hydrogens is 331 g/mol. The van der Waals surface area contributed by atoms with E-state index in [1.807, 2.05) is 0 Å². The number of nitro groups is 1. The highest BCUT2D eigenvalue weighted by Crippen LogP contribution is 2.37. The summed E-state index contributed by atoms with van der Waals surface area (Å²) < 4.78 is 19.0. The van der Waals surface area contributed by atoms with E-state index < -0.39 is 22.8 Å². The molecule has 1 heterocycles. The lowest BCUT2D eigenvalue weighted by molar-refractivity contribution is -0.385. The zero-order chi connectivity index (χ0) is 18.0. The van der Waals surface area contributed by atoms with Crippen molar-refractivity contribution < 1.29 is 24.0 Å². The maximum atomic E-state index is 13.5. The van der Waals surface area contributed by atoms with Crippen LogP contribution in [0.25, 0.3) is 0 Å². The third-order valence-electron chi connectivity index (χ3n) is 3.93. The van der Waals surface area contributed by atoms with Crippen LogP contribution in [-0.2, 0) is 11.3 Å². The van der Waals surface area contributed by atoms with Crippen molar-refractivity contribution in [2.75, 3.05) is 11.5 Å². The second-order valence-electron chi connectivity index (χ2n) is 5.54. The van der Waals surface area contributed by atoms with Gasteiger partial charge in [0.15, 0.2) is 6.10 Å². The summed E-state index contributed by atoms with van der Waals surface area (Å²) in [6.45, 7) is -0.333. The van der Waals surface area contributed by atoms with E-state index in [4.69, 9.17) is 9.84 Å². The molecule has 1 unspecified atom stereocenters. The molecule has 0 fully saturated rings. The lowest BCUT2D eigenvalue weighted by atomic mass is 10.1. The van der Waals surface area contributed by atoms with Crippen LogP contribution in [0, 0.1) is 15.9 Å². The summed E-state index contributed by atoms with van der Waals surface area (Å²) in [6.07, 6.45) is -0.926. The van der Waals surface area contributed by atoms with Gasteiger partial charge in [-0.25, -0.2) is 4.39 Å². The van der Waals surface area contributed by atoms with Crippen LogP contribution in [0.15, 0.2) is 42.5 Å². The van der Waals surface area contributed by atoms with Gasteiger partial charge in [0.05, 0.1) is 17.2 Å². The summed E-state index contributed by atoms with van der Waals surface area (Å²) in [4.78, 5) is 24.7. The lowest BCUT2D eigenvalue weighted by Gasteiger charge is -2.34. The summed E-state index contributed by atoms with van der Waals surface area (Å²) in [6, 6.07) is 9.84. The van der Waals surface area contributed by atoms with Crippen molar-refractivity contribution in [3.63, 3.8) is 0 Å². The number of amides is 1. The number of carbonyl (C=O) groups is 1. The summed E-state index contributed by atoms with van der Waals surface area (Å²) in [5, 5.41) is 20.3. The van der Waals surface area contributed by atoms with E-state index in [0.29, 0.717) is 11.3 Å². The third kappa shape index (κ3) is 3.29. The zero-order valence-corrected chi connectivity index (χ0v) is 13.1. The molecule has 0 aromatic heterocycles. The molecule has 1 aliphatic rings. The fraction of sp³-hybridized carbons (Fsp3) is 0.235. The monoisotopic (exact) mass is 346 g/mol. The Morgan fingerprint density at radius 3 is 2.76 bits per heavy atom. The molecule has 1 amide bonds. The Morgan fingerprint density at radius 2 is 2.04 bits per heavy atom. The largest absolute Gasteiger partial charge is 0.478 e. The SMILES string of the molecule is O=C1C(CCO)Oc2cc(F)ccc2N1Cc1ccccc1[N+](=O)[O-]. The van der Waals surface area contributed by atoms with Gasteiger partial charge in [-0.3, -0.25) is 14.9 Å². The van der Waals surface area contributed by atoms with E-state index in [2.05, 4.69) is 0 Å². The number of hydrogen-bond donors (Lipinski definition) is 1. The van der Waals surface area contributed by atoms with Crippen molar-refractivity contribution in [1.82, 2.24) is 0 Å². The molecule has 1 aliphatic heterocycles. The predicted octanol–water partition coefficient (Wildman–Crippen LogP) is 2.41. The molecule has 3 rings (SSSR count). The van der Waals surface area contributed by atoms with Gasteiger partial charge in [-0.2, -0.15) is 0 Å². The molecule has 1 atom stereocenters. The quantitative estimate of drug-likeness (QED) is 0.663. The molecule has 0 bridgehead atoms. The van der Waals surface area contributed by atoms with Gasteiger partial charge in [0, 0.05) is 30.7 Å². The normalized spacial score (nSPS) is 16.3. The fourth-order valence-corrected chi connectivity index (χ4v) is 2.76. The fourth-order valence-electron chi connectivity index (χ4n) is 2.76. The van der Waals surface area contributed by atoms with Gasteiger partial charge in [0.2, 0.25) is 0 Å². The molecule has 130 valence electrons.